The van der Waals surface area contributed by atoms with Crippen molar-refractivity contribution in [1.82, 2.24) is 9.21 Å². The minimum absolute atomic E-state index is 0.00632. The number of ether oxygens (including phenoxy) is 2. The van der Waals surface area contributed by atoms with E-state index in [4.69, 9.17) is 9.47 Å². The molecule has 1 saturated heterocycles. The molecule has 1 unspecified atom stereocenters. The van der Waals surface area contributed by atoms with Crippen LogP contribution >= 0.6 is 0 Å². The molecule has 1 atom stereocenters. The predicted octanol–water partition coefficient (Wildman–Crippen LogP) is 3.19. The molecular formula is C26H26N2O6S. The van der Waals surface area contributed by atoms with Gasteiger partial charge in [0.05, 0.1) is 25.1 Å². The molecule has 1 fully saturated rings. The van der Waals surface area contributed by atoms with Crippen molar-refractivity contribution in [1.29, 1.82) is 0 Å². The Morgan fingerprint density at radius 2 is 1.51 bits per heavy atom. The van der Waals surface area contributed by atoms with E-state index in [1.54, 1.807) is 12.1 Å². The Kier molecular flexibility index (Phi) is 7.48. The first-order valence-electron chi connectivity index (χ1n) is 11.1. The zero-order chi connectivity index (χ0) is 24.8. The number of sulfonamides is 1. The summed E-state index contributed by atoms with van der Waals surface area (Å²) in [6.45, 7) is -0.0677. The number of hydrogen-bond acceptors (Lipinski definition) is 6. The Morgan fingerprint density at radius 1 is 0.914 bits per heavy atom. The van der Waals surface area contributed by atoms with E-state index in [1.807, 2.05) is 48.5 Å². The summed E-state index contributed by atoms with van der Waals surface area (Å²) in [7, 11) is -2.64. The fourth-order valence-electron chi connectivity index (χ4n) is 3.84. The monoisotopic (exact) mass is 494 g/mol. The third-order valence-corrected chi connectivity index (χ3v) is 7.61. The number of esters is 1. The summed E-state index contributed by atoms with van der Waals surface area (Å²) in [5.41, 5.74) is 1.62. The number of carbonyl (C=O) groups is 2. The molecule has 0 radical (unpaired) electrons. The maximum absolute atomic E-state index is 13.6. The van der Waals surface area contributed by atoms with Crippen molar-refractivity contribution in [2.75, 3.05) is 13.8 Å². The van der Waals surface area contributed by atoms with Gasteiger partial charge in [-0.25, -0.2) is 8.42 Å². The highest BCUT2D eigenvalue weighted by Crippen LogP contribution is 2.27. The lowest BCUT2D eigenvalue weighted by atomic mass is 10.1. The van der Waals surface area contributed by atoms with Crippen LogP contribution in [-0.4, -0.2) is 49.3 Å². The number of methoxy groups -OCH3 is 1. The average Bonchev–Trinajstić information content (AvgIpc) is 2.89. The van der Waals surface area contributed by atoms with Crippen molar-refractivity contribution >= 4 is 21.9 Å². The normalized spacial score (nSPS) is 16.7. The summed E-state index contributed by atoms with van der Waals surface area (Å²) in [5, 5.41) is 0. The SMILES string of the molecule is COc1ccc(S(=O)(=O)N2CN(Cc3ccccc3)C(=O)CC2C(=O)OCc2ccccc2)cc1. The first kappa shape index (κ1) is 24.4. The van der Waals surface area contributed by atoms with Gasteiger partial charge in [0.25, 0.3) is 0 Å². The second-order valence-corrected chi connectivity index (χ2v) is 9.99. The standard InChI is InChI=1S/C26H26N2O6S/c1-33-22-12-14-23(15-13-22)35(31,32)28-19-27(17-20-8-4-2-5-9-20)25(29)16-24(28)26(30)34-18-21-10-6-3-7-11-21/h2-15,24H,16-19H2,1H3. The van der Waals surface area contributed by atoms with Crippen LogP contribution in [0.1, 0.15) is 17.5 Å². The van der Waals surface area contributed by atoms with E-state index < -0.39 is 22.0 Å². The highest BCUT2D eigenvalue weighted by Gasteiger charge is 2.44. The van der Waals surface area contributed by atoms with E-state index >= 15 is 0 Å². The summed E-state index contributed by atoms with van der Waals surface area (Å²) < 4.78 is 38.8. The average molecular weight is 495 g/mol. The van der Waals surface area contributed by atoms with Gasteiger partial charge >= 0.3 is 5.97 Å². The molecule has 1 heterocycles. The van der Waals surface area contributed by atoms with Gasteiger partial charge in [-0.2, -0.15) is 4.31 Å². The minimum Gasteiger partial charge on any atom is -0.497 e. The smallest absolute Gasteiger partial charge is 0.325 e. The van der Waals surface area contributed by atoms with Gasteiger partial charge in [0.15, 0.2) is 0 Å². The molecule has 9 heteroatoms. The molecule has 35 heavy (non-hydrogen) atoms. The molecule has 0 saturated carbocycles. The molecule has 0 bridgehead atoms. The minimum atomic E-state index is -4.13. The van der Waals surface area contributed by atoms with Gasteiger partial charge in [-0.15, -0.1) is 0 Å². The number of amides is 1. The molecule has 0 aromatic heterocycles. The maximum Gasteiger partial charge on any atom is 0.325 e. The molecule has 0 N–H and O–H groups in total. The van der Waals surface area contributed by atoms with Gasteiger partial charge in [0.1, 0.15) is 18.4 Å². The largest absolute Gasteiger partial charge is 0.497 e. The van der Waals surface area contributed by atoms with E-state index in [-0.39, 0.29) is 37.0 Å². The molecule has 3 aromatic rings. The first-order chi connectivity index (χ1) is 16.9. The van der Waals surface area contributed by atoms with Gasteiger partial charge in [-0.3, -0.25) is 9.59 Å². The fraction of sp³-hybridized carbons (Fsp3) is 0.231. The zero-order valence-corrected chi connectivity index (χ0v) is 20.1. The van der Waals surface area contributed by atoms with Crippen LogP contribution in [0.2, 0.25) is 0 Å². The topological polar surface area (TPSA) is 93.2 Å². The Labute approximate surface area is 204 Å². The molecule has 1 aliphatic rings. The number of benzene rings is 3. The molecule has 1 amide bonds. The lowest BCUT2D eigenvalue weighted by Crippen LogP contribution is -2.57. The molecule has 0 aliphatic carbocycles. The van der Waals surface area contributed by atoms with Gasteiger partial charge in [0.2, 0.25) is 15.9 Å². The summed E-state index contributed by atoms with van der Waals surface area (Å²) in [6.07, 6.45) is -0.310. The van der Waals surface area contributed by atoms with E-state index in [1.165, 1.54) is 36.3 Å². The molecule has 182 valence electrons. The first-order valence-corrected chi connectivity index (χ1v) is 12.5. The van der Waals surface area contributed by atoms with Crippen molar-refractivity contribution < 1.29 is 27.5 Å². The quantitative estimate of drug-likeness (QED) is 0.447. The third kappa shape index (κ3) is 5.70. The Morgan fingerprint density at radius 3 is 2.11 bits per heavy atom. The van der Waals surface area contributed by atoms with Crippen molar-refractivity contribution in [2.24, 2.45) is 0 Å². The molecule has 4 rings (SSSR count). The number of carbonyl (C=O) groups excluding carboxylic acids is 2. The summed E-state index contributed by atoms with van der Waals surface area (Å²) in [4.78, 5) is 27.4. The van der Waals surface area contributed by atoms with E-state index in [9.17, 15) is 18.0 Å². The summed E-state index contributed by atoms with van der Waals surface area (Å²) >= 11 is 0. The Bertz CT molecular complexity index is 1260. The van der Waals surface area contributed by atoms with Gasteiger partial charge in [-0.1, -0.05) is 60.7 Å². The highest BCUT2D eigenvalue weighted by molar-refractivity contribution is 7.89. The van der Waals surface area contributed by atoms with Crippen molar-refractivity contribution in [3.05, 3.63) is 96.1 Å². The highest BCUT2D eigenvalue weighted by atomic mass is 32.2. The van der Waals surface area contributed by atoms with E-state index in [2.05, 4.69) is 0 Å². The lowest BCUT2D eigenvalue weighted by molar-refractivity contribution is -0.157. The lowest BCUT2D eigenvalue weighted by Gasteiger charge is -2.39. The van der Waals surface area contributed by atoms with Crippen LogP contribution < -0.4 is 4.74 Å². The number of rotatable bonds is 8. The van der Waals surface area contributed by atoms with Crippen molar-refractivity contribution in [3.63, 3.8) is 0 Å². The maximum atomic E-state index is 13.6. The predicted molar refractivity (Wildman–Crippen MR) is 129 cm³/mol. The summed E-state index contributed by atoms with van der Waals surface area (Å²) in [5.74, 6) is -0.586. The van der Waals surface area contributed by atoms with Crippen LogP contribution in [0.5, 0.6) is 5.75 Å². The van der Waals surface area contributed by atoms with E-state index in [0.29, 0.717) is 5.75 Å². The number of hydrogen-bond donors (Lipinski definition) is 0. The van der Waals surface area contributed by atoms with Crippen molar-refractivity contribution in [2.45, 2.75) is 30.5 Å². The fourth-order valence-corrected chi connectivity index (χ4v) is 5.37. The van der Waals surface area contributed by atoms with Gasteiger partial charge in [0, 0.05) is 6.54 Å². The second-order valence-electron chi connectivity index (χ2n) is 8.10. The molecule has 0 spiro atoms. The van der Waals surface area contributed by atoms with Crippen LogP contribution in [-0.2, 0) is 37.5 Å². The second kappa shape index (κ2) is 10.7. The zero-order valence-electron chi connectivity index (χ0n) is 19.2. The van der Waals surface area contributed by atoms with Crippen LogP contribution in [0, 0.1) is 0 Å². The third-order valence-electron chi connectivity index (χ3n) is 5.76. The number of nitrogens with zero attached hydrogens (tertiary/aromatic N) is 2. The van der Waals surface area contributed by atoms with Crippen LogP contribution in [0.25, 0.3) is 0 Å². The van der Waals surface area contributed by atoms with Crippen LogP contribution in [0.3, 0.4) is 0 Å². The Hall–Kier alpha value is -3.69. The summed E-state index contributed by atoms with van der Waals surface area (Å²) in [6, 6.07) is 23.0. The van der Waals surface area contributed by atoms with Crippen LogP contribution in [0.4, 0.5) is 0 Å². The molecular weight excluding hydrogens is 468 g/mol. The Balaban J connectivity index is 1.61. The van der Waals surface area contributed by atoms with Gasteiger partial charge < -0.3 is 14.4 Å². The van der Waals surface area contributed by atoms with Gasteiger partial charge in [-0.05, 0) is 35.4 Å². The molecule has 8 nitrogen and oxygen atoms in total. The van der Waals surface area contributed by atoms with Crippen LogP contribution in [0.15, 0.2) is 89.8 Å². The van der Waals surface area contributed by atoms with Crippen molar-refractivity contribution in [3.8, 4) is 5.75 Å². The molecule has 3 aromatic carbocycles. The molecule has 1 aliphatic heterocycles. The van der Waals surface area contributed by atoms with E-state index in [0.717, 1.165) is 15.4 Å².